The molecule has 0 aliphatic rings. The molecule has 0 heterocycles. The van der Waals surface area contributed by atoms with Crippen molar-refractivity contribution in [3.8, 4) is 11.5 Å². The summed E-state index contributed by atoms with van der Waals surface area (Å²) in [5.41, 5.74) is 0.697. The lowest BCUT2D eigenvalue weighted by molar-refractivity contribution is -0.121. The average Bonchev–Trinajstić information content (AvgIpc) is 2.62. The lowest BCUT2D eigenvalue weighted by Gasteiger charge is -2.12. The second-order valence-electron chi connectivity index (χ2n) is 5.28. The van der Waals surface area contributed by atoms with E-state index in [4.69, 9.17) is 17.0 Å². The number of aromatic hydroxyl groups is 1. The van der Waals surface area contributed by atoms with Crippen molar-refractivity contribution in [1.29, 1.82) is 0 Å². The van der Waals surface area contributed by atoms with Gasteiger partial charge in [0, 0.05) is 16.5 Å². The number of carbonyl (C=O) groups is 1. The van der Waals surface area contributed by atoms with Crippen LogP contribution >= 0.6 is 12.2 Å². The summed E-state index contributed by atoms with van der Waals surface area (Å²) in [6.45, 7) is -0.137. The van der Waals surface area contributed by atoms with E-state index in [0.29, 0.717) is 16.8 Å². The number of rotatable bonds is 4. The fourth-order valence-electron chi connectivity index (χ4n) is 2.38. The largest absolute Gasteiger partial charge is 0.507 e. The molecule has 0 radical (unpaired) electrons. The molecule has 126 valence electrons. The van der Waals surface area contributed by atoms with E-state index in [1.807, 2.05) is 36.4 Å². The van der Waals surface area contributed by atoms with Crippen LogP contribution in [0.5, 0.6) is 11.5 Å². The minimum Gasteiger partial charge on any atom is -0.507 e. The summed E-state index contributed by atoms with van der Waals surface area (Å²) in [6, 6.07) is 19.7. The zero-order valence-corrected chi connectivity index (χ0v) is 14.0. The molecule has 3 aromatic carbocycles. The van der Waals surface area contributed by atoms with Gasteiger partial charge in [0.1, 0.15) is 11.5 Å². The van der Waals surface area contributed by atoms with Gasteiger partial charge < -0.3 is 15.2 Å². The smallest absolute Gasteiger partial charge is 0.264 e. The fourth-order valence-corrected chi connectivity index (χ4v) is 2.61. The van der Waals surface area contributed by atoms with Crippen molar-refractivity contribution in [3.05, 3.63) is 66.7 Å². The van der Waals surface area contributed by atoms with Crippen LogP contribution in [0.15, 0.2) is 66.7 Å². The van der Waals surface area contributed by atoms with Crippen LogP contribution in [0.2, 0.25) is 0 Å². The Morgan fingerprint density at radius 2 is 1.68 bits per heavy atom. The molecule has 0 saturated carbocycles. The van der Waals surface area contributed by atoms with Gasteiger partial charge in [0.05, 0.1) is 0 Å². The molecule has 0 spiro atoms. The van der Waals surface area contributed by atoms with Gasteiger partial charge in [0.2, 0.25) is 0 Å². The van der Waals surface area contributed by atoms with Gasteiger partial charge in [0.15, 0.2) is 11.7 Å². The van der Waals surface area contributed by atoms with Crippen molar-refractivity contribution in [2.75, 3.05) is 11.9 Å². The number of phenols is 1. The highest BCUT2D eigenvalue weighted by Gasteiger charge is 2.09. The number of hydrogen-bond acceptors (Lipinski definition) is 4. The number of phenolic OH excluding ortho intramolecular Hbond substituents is 1. The zero-order valence-electron chi connectivity index (χ0n) is 13.2. The molecule has 6 heteroatoms. The Bertz CT molecular complexity index is 913. The van der Waals surface area contributed by atoms with Crippen LogP contribution in [-0.4, -0.2) is 22.7 Å². The van der Waals surface area contributed by atoms with E-state index < -0.39 is 0 Å². The molecular weight excluding hydrogens is 336 g/mol. The maximum atomic E-state index is 11.9. The number of amides is 1. The predicted octanol–water partition coefficient (Wildman–Crippen LogP) is 3.44. The molecule has 0 bridgehead atoms. The average molecular weight is 352 g/mol. The number of hydrogen-bond donors (Lipinski definition) is 3. The van der Waals surface area contributed by atoms with Gasteiger partial charge in [-0.05, 0) is 36.5 Å². The highest BCUT2D eigenvalue weighted by atomic mass is 32.1. The van der Waals surface area contributed by atoms with Crippen LogP contribution in [-0.2, 0) is 4.79 Å². The number of fused-ring (bicyclic) bond motifs is 1. The maximum Gasteiger partial charge on any atom is 0.264 e. The molecule has 0 saturated heterocycles. The highest BCUT2D eigenvalue weighted by molar-refractivity contribution is 7.80. The third-order valence-corrected chi connectivity index (χ3v) is 3.72. The Morgan fingerprint density at radius 3 is 2.48 bits per heavy atom. The summed E-state index contributed by atoms with van der Waals surface area (Å²) in [5.74, 6) is 0.442. The topological polar surface area (TPSA) is 70.6 Å². The van der Waals surface area contributed by atoms with Crippen LogP contribution in [0.3, 0.4) is 0 Å². The van der Waals surface area contributed by atoms with Crippen LogP contribution in [0.1, 0.15) is 0 Å². The summed E-state index contributed by atoms with van der Waals surface area (Å²) in [4.78, 5) is 11.9. The van der Waals surface area contributed by atoms with Crippen LogP contribution in [0.4, 0.5) is 5.69 Å². The SMILES string of the molecule is O=C(COc1ccccc1)NC(=S)Nc1cccc2c(O)cccc12. The monoisotopic (exact) mass is 352 g/mol. The Labute approximate surface area is 150 Å². The van der Waals surface area contributed by atoms with E-state index in [-0.39, 0.29) is 23.4 Å². The molecule has 0 fully saturated rings. The van der Waals surface area contributed by atoms with Crippen LogP contribution in [0.25, 0.3) is 10.8 Å². The van der Waals surface area contributed by atoms with E-state index in [9.17, 15) is 9.90 Å². The fraction of sp³-hybridized carbons (Fsp3) is 0.0526. The lowest BCUT2D eigenvalue weighted by Crippen LogP contribution is -2.37. The minimum absolute atomic E-state index is 0.137. The van der Waals surface area contributed by atoms with E-state index in [0.717, 1.165) is 5.39 Å². The quantitative estimate of drug-likeness (QED) is 0.628. The molecule has 0 aliphatic carbocycles. The van der Waals surface area contributed by atoms with Gasteiger partial charge in [-0.2, -0.15) is 0 Å². The summed E-state index contributed by atoms with van der Waals surface area (Å²) in [5, 5.41) is 17.1. The lowest BCUT2D eigenvalue weighted by atomic mass is 10.1. The molecule has 0 atom stereocenters. The first kappa shape index (κ1) is 16.7. The molecule has 0 unspecified atom stereocenters. The van der Waals surface area contributed by atoms with Crippen molar-refractivity contribution in [2.24, 2.45) is 0 Å². The molecule has 3 rings (SSSR count). The molecule has 3 aromatic rings. The number of carbonyl (C=O) groups excluding carboxylic acids is 1. The molecule has 1 amide bonds. The number of nitrogens with one attached hydrogen (secondary N) is 2. The van der Waals surface area contributed by atoms with Gasteiger partial charge >= 0.3 is 0 Å². The summed E-state index contributed by atoms with van der Waals surface area (Å²) in [7, 11) is 0. The molecule has 5 nitrogen and oxygen atoms in total. The first-order valence-corrected chi connectivity index (χ1v) is 8.04. The maximum absolute atomic E-state index is 11.9. The Morgan fingerprint density at radius 1 is 0.960 bits per heavy atom. The first-order chi connectivity index (χ1) is 12.1. The number of ether oxygens (including phenoxy) is 1. The number of anilines is 1. The molecule has 3 N–H and O–H groups in total. The van der Waals surface area contributed by atoms with E-state index in [1.165, 1.54) is 0 Å². The van der Waals surface area contributed by atoms with Crippen molar-refractivity contribution >= 4 is 39.7 Å². The Hall–Kier alpha value is -3.12. The van der Waals surface area contributed by atoms with Crippen LogP contribution in [0, 0.1) is 0 Å². The van der Waals surface area contributed by atoms with E-state index in [1.54, 1.807) is 30.3 Å². The second kappa shape index (κ2) is 7.63. The zero-order chi connectivity index (χ0) is 17.6. The van der Waals surface area contributed by atoms with Gasteiger partial charge in [0.25, 0.3) is 5.91 Å². The van der Waals surface area contributed by atoms with Crippen LogP contribution < -0.4 is 15.4 Å². The van der Waals surface area contributed by atoms with Crippen molar-refractivity contribution < 1.29 is 14.6 Å². The van der Waals surface area contributed by atoms with E-state index in [2.05, 4.69) is 10.6 Å². The van der Waals surface area contributed by atoms with Crippen molar-refractivity contribution in [2.45, 2.75) is 0 Å². The van der Waals surface area contributed by atoms with Gasteiger partial charge in [-0.1, -0.05) is 42.5 Å². The molecule has 25 heavy (non-hydrogen) atoms. The summed E-state index contributed by atoms with van der Waals surface area (Å²) < 4.78 is 5.37. The summed E-state index contributed by atoms with van der Waals surface area (Å²) in [6.07, 6.45) is 0. The minimum atomic E-state index is -0.357. The Kier molecular flexibility index (Phi) is 5.11. The number of para-hydroxylation sites is 1. The predicted molar refractivity (Wildman–Crippen MR) is 102 cm³/mol. The second-order valence-corrected chi connectivity index (χ2v) is 5.69. The third-order valence-electron chi connectivity index (χ3n) is 3.51. The Balaban J connectivity index is 1.61. The molecule has 0 aliphatic heterocycles. The highest BCUT2D eigenvalue weighted by Crippen LogP contribution is 2.29. The van der Waals surface area contributed by atoms with Crippen molar-refractivity contribution in [3.63, 3.8) is 0 Å². The van der Waals surface area contributed by atoms with E-state index >= 15 is 0 Å². The molecule has 0 aromatic heterocycles. The van der Waals surface area contributed by atoms with Crippen molar-refractivity contribution in [1.82, 2.24) is 5.32 Å². The van der Waals surface area contributed by atoms with Gasteiger partial charge in [-0.25, -0.2) is 0 Å². The third kappa shape index (κ3) is 4.24. The summed E-state index contributed by atoms with van der Waals surface area (Å²) >= 11 is 5.18. The molecular formula is C19H16N2O3S. The normalized spacial score (nSPS) is 10.2. The number of thiocarbonyl (C=S) groups is 1. The number of benzene rings is 3. The first-order valence-electron chi connectivity index (χ1n) is 7.63. The van der Waals surface area contributed by atoms with Gasteiger partial charge in [-0.15, -0.1) is 0 Å². The standard InChI is InChI=1S/C19H16N2O3S/c22-17-11-5-8-14-15(17)9-4-10-16(14)20-19(25)21-18(23)12-24-13-6-2-1-3-7-13/h1-11,22H,12H2,(H2,20,21,23,25). The van der Waals surface area contributed by atoms with Gasteiger partial charge in [-0.3, -0.25) is 10.1 Å².